The van der Waals surface area contributed by atoms with Gasteiger partial charge < -0.3 is 31.1 Å². The van der Waals surface area contributed by atoms with E-state index < -0.39 is 33.2 Å². The fraction of sp³-hybridized carbons (Fsp3) is 0.517. The van der Waals surface area contributed by atoms with E-state index in [-0.39, 0.29) is 34.4 Å². The number of anilines is 1. The van der Waals surface area contributed by atoms with E-state index in [1.807, 2.05) is 12.1 Å². The lowest BCUT2D eigenvalue weighted by atomic mass is 9.64. The van der Waals surface area contributed by atoms with Gasteiger partial charge in [-0.15, -0.1) is 0 Å². The standard InChI is InChI=1S/C29H45N3O9P2/c1-6-23(20-7-10-22(33)11-8-20)24(13-14-29(17-30,18(2)3)19(4)5)21-9-12-26(34)25(15-21)32-27(35)16-31-28(42(36,37)38)43(39,40)41/h7-12,15,18-19,23-24,36-38H,6,13-14,16-17,30H2,1-5H3,(H4-,31,32,33,34,35,39,40,41)/p+1. The number of nitrogens with one attached hydrogen (secondary N) is 1. The Kier molecular flexibility index (Phi) is 12.9. The Bertz CT molecular complexity index is 1300. The van der Waals surface area contributed by atoms with Gasteiger partial charge in [0.05, 0.1) is 5.69 Å². The molecule has 14 heteroatoms. The third-order valence-corrected chi connectivity index (χ3v) is 11.4. The normalized spacial score (nSPS) is 14.7. The summed E-state index contributed by atoms with van der Waals surface area (Å²) in [6, 6.07) is 11.9. The van der Waals surface area contributed by atoms with E-state index in [1.54, 1.807) is 24.3 Å². The number of nitrogens with two attached hydrogens (primary N) is 1. The first kappa shape index (κ1) is 36.8. The number of benzene rings is 2. The van der Waals surface area contributed by atoms with Crippen LogP contribution in [0.4, 0.5) is 5.69 Å². The Morgan fingerprint density at radius 2 is 1.53 bits per heavy atom. The van der Waals surface area contributed by atoms with Crippen LogP contribution < -0.4 is 11.1 Å². The van der Waals surface area contributed by atoms with E-state index in [9.17, 15) is 44.0 Å². The number of carbonyl (C=O) groups is 1. The van der Waals surface area contributed by atoms with Crippen LogP contribution in [0.1, 0.15) is 76.8 Å². The molecule has 12 nitrogen and oxygen atoms in total. The molecule has 0 bridgehead atoms. The molecule has 43 heavy (non-hydrogen) atoms. The first-order chi connectivity index (χ1) is 19.9. The molecule has 2 aromatic rings. The zero-order valence-corrected chi connectivity index (χ0v) is 27.0. The van der Waals surface area contributed by atoms with Gasteiger partial charge in [-0.25, -0.2) is 9.56 Å². The summed E-state index contributed by atoms with van der Waals surface area (Å²) >= 11 is 0. The average Bonchev–Trinajstić information content (AvgIpc) is 2.89. The second-order valence-electron chi connectivity index (χ2n) is 11.6. The van der Waals surface area contributed by atoms with E-state index in [2.05, 4.69) is 44.9 Å². The highest BCUT2D eigenvalue weighted by Crippen LogP contribution is 2.60. The van der Waals surface area contributed by atoms with Crippen molar-refractivity contribution in [2.75, 3.05) is 18.4 Å². The number of carbonyl (C=O) groups excluding carboxylic acids is 1. The molecule has 2 atom stereocenters. The van der Waals surface area contributed by atoms with Crippen molar-refractivity contribution in [2.24, 2.45) is 28.0 Å². The number of rotatable bonds is 15. The molecular formula is C29H46N3O9P2+. The molecule has 2 unspecified atom stereocenters. The monoisotopic (exact) mass is 642 g/mol. The van der Waals surface area contributed by atoms with Crippen molar-refractivity contribution in [3.05, 3.63) is 53.6 Å². The molecule has 10 N–H and O–H groups in total. The van der Waals surface area contributed by atoms with Gasteiger partial charge in [0.25, 0.3) is 0 Å². The van der Waals surface area contributed by atoms with Crippen molar-refractivity contribution in [1.29, 1.82) is 0 Å². The minimum atomic E-state index is -5.36. The third kappa shape index (κ3) is 9.54. The van der Waals surface area contributed by atoms with Gasteiger partial charge in [-0.2, -0.15) is 14.7 Å². The SMILES string of the molecule is CCC(c1ccc(O)cc1)C(CCC(CN)(C(C)C)C(C)C)c1ccc(O)c(NC(=O)CN=C(P(=O)(O)O)[P+](O)(O)O)c1. The number of amides is 1. The van der Waals surface area contributed by atoms with Crippen molar-refractivity contribution in [1.82, 2.24) is 0 Å². The van der Waals surface area contributed by atoms with E-state index in [1.165, 1.54) is 6.07 Å². The number of aliphatic imine (C=N–C) groups is 1. The lowest BCUT2D eigenvalue weighted by Gasteiger charge is -2.42. The minimum absolute atomic E-state index is 0.00894. The molecule has 0 saturated carbocycles. The number of phenols is 2. The van der Waals surface area contributed by atoms with E-state index >= 15 is 0 Å². The number of hydrogen-bond donors (Lipinski definition) is 9. The fourth-order valence-corrected chi connectivity index (χ4v) is 7.81. The lowest BCUT2D eigenvalue weighted by Crippen LogP contribution is -2.41. The molecule has 240 valence electrons. The fourth-order valence-electron chi connectivity index (χ4n) is 5.89. The van der Waals surface area contributed by atoms with Gasteiger partial charge >= 0.3 is 20.7 Å². The van der Waals surface area contributed by atoms with Crippen molar-refractivity contribution >= 4 is 32.3 Å². The van der Waals surface area contributed by atoms with Crippen LogP contribution >= 0.6 is 15.5 Å². The van der Waals surface area contributed by atoms with Gasteiger partial charge in [0.1, 0.15) is 18.0 Å². The van der Waals surface area contributed by atoms with Crippen molar-refractivity contribution in [3.63, 3.8) is 0 Å². The molecule has 1 amide bonds. The topological polar surface area (TPSA) is 226 Å². The first-order valence-electron chi connectivity index (χ1n) is 14.2. The number of aromatic hydroxyl groups is 2. The molecule has 0 aliphatic heterocycles. The summed E-state index contributed by atoms with van der Waals surface area (Å²) in [5, 5.41) is 21.3. The first-order valence-corrected chi connectivity index (χ1v) is 17.4. The average molecular weight is 643 g/mol. The predicted octanol–water partition coefficient (Wildman–Crippen LogP) is 4.62. The number of hydrogen-bond acceptors (Lipinski definition) is 9. The third-order valence-electron chi connectivity index (χ3n) is 8.46. The molecule has 0 spiro atoms. The van der Waals surface area contributed by atoms with Gasteiger partial charge in [-0.3, -0.25) is 4.79 Å². The van der Waals surface area contributed by atoms with E-state index in [4.69, 9.17) is 5.73 Å². The smallest absolute Gasteiger partial charge is 0.469 e. The summed E-state index contributed by atoms with van der Waals surface area (Å²) < 4.78 is 11.5. The van der Waals surface area contributed by atoms with Gasteiger partial charge in [0, 0.05) is 0 Å². The molecule has 2 aromatic carbocycles. The second kappa shape index (κ2) is 15.1. The van der Waals surface area contributed by atoms with Crippen molar-refractivity contribution in [3.8, 4) is 11.5 Å². The molecule has 2 rings (SSSR count). The van der Waals surface area contributed by atoms with Crippen LogP contribution in [-0.2, 0) is 9.36 Å². The predicted molar refractivity (Wildman–Crippen MR) is 169 cm³/mol. The zero-order valence-electron chi connectivity index (χ0n) is 25.3. The Morgan fingerprint density at radius 3 is 2.00 bits per heavy atom. The zero-order chi connectivity index (χ0) is 32.8. The van der Waals surface area contributed by atoms with Crippen molar-refractivity contribution in [2.45, 2.75) is 65.7 Å². The van der Waals surface area contributed by atoms with E-state index in [0.29, 0.717) is 18.4 Å². The van der Waals surface area contributed by atoms with Gasteiger partial charge in [0.15, 0.2) is 0 Å². The number of phenolic OH excluding ortho intramolecular Hbond substituents is 2. The van der Waals surface area contributed by atoms with E-state index in [0.717, 1.165) is 30.4 Å². The van der Waals surface area contributed by atoms with Crippen LogP contribution in [0.2, 0.25) is 0 Å². The maximum Gasteiger partial charge on any atom is 0.469 e. The van der Waals surface area contributed by atoms with Crippen LogP contribution in [0.25, 0.3) is 0 Å². The maximum atomic E-state index is 12.6. The lowest BCUT2D eigenvalue weighted by molar-refractivity contribution is -0.114. The Labute approximate surface area is 253 Å². The van der Waals surface area contributed by atoms with Gasteiger partial charge in [-0.1, -0.05) is 52.8 Å². The molecule has 0 radical (unpaired) electrons. The summed E-state index contributed by atoms with van der Waals surface area (Å²) in [5.74, 6) is -0.473. The molecule has 0 heterocycles. The highest BCUT2D eigenvalue weighted by Gasteiger charge is 2.51. The molecule has 0 saturated heterocycles. The van der Waals surface area contributed by atoms with Crippen LogP contribution in [0.5, 0.6) is 11.5 Å². The van der Waals surface area contributed by atoms with Crippen LogP contribution in [0.3, 0.4) is 0 Å². The molecular weight excluding hydrogens is 596 g/mol. The largest absolute Gasteiger partial charge is 0.508 e. The summed E-state index contributed by atoms with van der Waals surface area (Å²) in [6.45, 7) is 10.3. The van der Waals surface area contributed by atoms with Gasteiger partial charge in [-0.05, 0) is 90.3 Å². The van der Waals surface area contributed by atoms with Crippen LogP contribution in [-0.4, -0.2) is 58.9 Å². The molecule has 0 fully saturated rings. The Hall–Kier alpha value is -2.40. The van der Waals surface area contributed by atoms with Crippen LogP contribution in [0, 0.1) is 17.3 Å². The summed E-state index contributed by atoms with van der Waals surface area (Å²) in [7, 11) is -10.5. The molecule has 0 aromatic heterocycles. The maximum absolute atomic E-state index is 12.6. The van der Waals surface area contributed by atoms with Crippen molar-refractivity contribution < 1.29 is 44.0 Å². The summed E-state index contributed by atoms with van der Waals surface area (Å²) in [4.78, 5) is 62.5. The van der Waals surface area contributed by atoms with Crippen LogP contribution in [0.15, 0.2) is 47.5 Å². The minimum Gasteiger partial charge on any atom is -0.508 e. The summed E-state index contributed by atoms with van der Waals surface area (Å²) in [5.41, 5.74) is 8.09. The highest BCUT2D eigenvalue weighted by molar-refractivity contribution is 8.00. The Morgan fingerprint density at radius 1 is 0.977 bits per heavy atom. The quantitative estimate of drug-likeness (QED) is 0.0744. The Balaban J connectivity index is 2.52. The summed E-state index contributed by atoms with van der Waals surface area (Å²) in [6.07, 6.45) is 2.30. The molecule has 0 aliphatic carbocycles. The second-order valence-corrected chi connectivity index (χ2v) is 15.0. The molecule has 0 aliphatic rings. The van der Waals surface area contributed by atoms with Gasteiger partial charge in [0.2, 0.25) is 5.91 Å². The number of nitrogens with zero attached hydrogens (tertiary/aromatic N) is 1. The highest BCUT2D eigenvalue weighted by atomic mass is 31.3.